The van der Waals surface area contributed by atoms with Crippen molar-refractivity contribution in [2.24, 2.45) is 5.92 Å². The summed E-state index contributed by atoms with van der Waals surface area (Å²) in [6, 6.07) is 8.45. The molecule has 1 heterocycles. The van der Waals surface area contributed by atoms with Gasteiger partial charge in [0.05, 0.1) is 0 Å². The van der Waals surface area contributed by atoms with Crippen LogP contribution in [0, 0.1) is 5.92 Å². The number of hydrogen-bond acceptors (Lipinski definition) is 2. The Morgan fingerprint density at radius 3 is 2.79 bits per heavy atom. The van der Waals surface area contributed by atoms with Gasteiger partial charge in [0.1, 0.15) is 0 Å². The van der Waals surface area contributed by atoms with Crippen molar-refractivity contribution in [2.45, 2.75) is 39.7 Å². The summed E-state index contributed by atoms with van der Waals surface area (Å²) >= 11 is 0. The molecule has 0 spiro atoms. The zero-order chi connectivity index (χ0) is 13.5. The molecule has 0 bridgehead atoms. The molecule has 0 saturated heterocycles. The molecule has 102 valence electrons. The zero-order valence-corrected chi connectivity index (χ0v) is 12.0. The van der Waals surface area contributed by atoms with Crippen LogP contribution in [0.3, 0.4) is 0 Å². The highest BCUT2D eigenvalue weighted by molar-refractivity contribution is 5.84. The normalized spacial score (nSPS) is 11.3. The lowest BCUT2D eigenvalue weighted by atomic mass is 10.1. The first-order chi connectivity index (χ1) is 9.27. The van der Waals surface area contributed by atoms with Crippen LogP contribution in [0.5, 0.6) is 0 Å². The molecule has 0 fully saturated rings. The highest BCUT2D eigenvalue weighted by atomic mass is 14.8. The Bertz CT molecular complexity index is 500. The van der Waals surface area contributed by atoms with E-state index in [2.05, 4.69) is 48.4 Å². The average Bonchev–Trinajstić information content (AvgIpc) is 2.42. The molecule has 2 nitrogen and oxygen atoms in total. The van der Waals surface area contributed by atoms with Crippen LogP contribution in [-0.4, -0.2) is 11.5 Å². The van der Waals surface area contributed by atoms with Crippen LogP contribution in [0.15, 0.2) is 36.7 Å². The third kappa shape index (κ3) is 4.32. The number of nitrogens with one attached hydrogen (secondary N) is 1. The third-order valence-electron chi connectivity index (χ3n) is 3.45. The Hall–Kier alpha value is -1.41. The number of rotatable bonds is 7. The third-order valence-corrected chi connectivity index (χ3v) is 3.45. The highest BCUT2D eigenvalue weighted by Gasteiger charge is 2.00. The Balaban J connectivity index is 1.82. The Labute approximate surface area is 116 Å². The van der Waals surface area contributed by atoms with Gasteiger partial charge in [0.15, 0.2) is 0 Å². The van der Waals surface area contributed by atoms with Crippen molar-refractivity contribution < 1.29 is 0 Å². The summed E-state index contributed by atoms with van der Waals surface area (Å²) in [4.78, 5) is 4.31. The van der Waals surface area contributed by atoms with Crippen molar-refractivity contribution in [3.63, 3.8) is 0 Å². The predicted octanol–water partition coefficient (Wildman–Crippen LogP) is 4.15. The molecule has 2 rings (SSSR count). The lowest BCUT2D eigenvalue weighted by molar-refractivity contribution is 0.521. The zero-order valence-electron chi connectivity index (χ0n) is 12.0. The SMILES string of the molecule is CC(C)CCCCNCc1cncc2ccccc12. The van der Waals surface area contributed by atoms with Gasteiger partial charge in [0.2, 0.25) is 0 Å². The van der Waals surface area contributed by atoms with Gasteiger partial charge in [-0.05, 0) is 29.8 Å². The summed E-state index contributed by atoms with van der Waals surface area (Å²) in [5, 5.41) is 6.06. The molecule has 19 heavy (non-hydrogen) atoms. The van der Waals surface area contributed by atoms with Crippen molar-refractivity contribution in [2.75, 3.05) is 6.54 Å². The molecule has 1 aromatic carbocycles. The summed E-state index contributed by atoms with van der Waals surface area (Å²) in [7, 11) is 0. The van der Waals surface area contributed by atoms with Gasteiger partial charge in [0, 0.05) is 24.3 Å². The lowest BCUT2D eigenvalue weighted by Gasteiger charge is -2.08. The van der Waals surface area contributed by atoms with E-state index in [1.54, 1.807) is 0 Å². The average molecular weight is 256 g/mol. The number of nitrogens with zero attached hydrogens (tertiary/aromatic N) is 1. The van der Waals surface area contributed by atoms with Crippen LogP contribution in [0.2, 0.25) is 0 Å². The molecule has 0 aliphatic heterocycles. The van der Waals surface area contributed by atoms with Crippen molar-refractivity contribution in [3.05, 3.63) is 42.2 Å². The molecule has 0 atom stereocenters. The molecule has 0 amide bonds. The molecule has 0 aliphatic carbocycles. The largest absolute Gasteiger partial charge is 0.313 e. The van der Waals surface area contributed by atoms with Crippen LogP contribution < -0.4 is 5.32 Å². The van der Waals surface area contributed by atoms with E-state index in [1.165, 1.54) is 35.6 Å². The second-order valence-corrected chi connectivity index (χ2v) is 5.59. The summed E-state index contributed by atoms with van der Waals surface area (Å²) in [5.41, 5.74) is 1.29. The van der Waals surface area contributed by atoms with Crippen molar-refractivity contribution in [3.8, 4) is 0 Å². The van der Waals surface area contributed by atoms with Gasteiger partial charge in [-0.3, -0.25) is 4.98 Å². The molecule has 0 radical (unpaired) electrons. The second kappa shape index (κ2) is 7.25. The van der Waals surface area contributed by atoms with E-state index in [1.807, 2.05) is 12.4 Å². The Morgan fingerprint density at radius 1 is 1.11 bits per heavy atom. The van der Waals surface area contributed by atoms with Gasteiger partial charge in [-0.15, -0.1) is 0 Å². The maximum atomic E-state index is 4.31. The van der Waals surface area contributed by atoms with E-state index >= 15 is 0 Å². The van der Waals surface area contributed by atoms with Crippen LogP contribution in [0.1, 0.15) is 38.7 Å². The fourth-order valence-electron chi connectivity index (χ4n) is 2.35. The minimum absolute atomic E-state index is 0.822. The van der Waals surface area contributed by atoms with Crippen molar-refractivity contribution >= 4 is 10.8 Å². The lowest BCUT2D eigenvalue weighted by Crippen LogP contribution is -2.15. The quantitative estimate of drug-likeness (QED) is 0.753. The van der Waals surface area contributed by atoms with E-state index in [4.69, 9.17) is 0 Å². The van der Waals surface area contributed by atoms with E-state index in [9.17, 15) is 0 Å². The molecule has 1 N–H and O–H groups in total. The van der Waals surface area contributed by atoms with Crippen LogP contribution >= 0.6 is 0 Å². The standard InChI is InChI=1S/C17H24N2/c1-14(2)7-5-6-10-18-12-16-13-19-11-15-8-3-4-9-17(15)16/h3-4,8-9,11,13-14,18H,5-7,10,12H2,1-2H3. The van der Waals surface area contributed by atoms with Crippen molar-refractivity contribution in [1.82, 2.24) is 10.3 Å². The van der Waals surface area contributed by atoms with Gasteiger partial charge in [-0.1, -0.05) is 51.0 Å². The van der Waals surface area contributed by atoms with Crippen LogP contribution in [0.25, 0.3) is 10.8 Å². The predicted molar refractivity (Wildman–Crippen MR) is 82.1 cm³/mol. The van der Waals surface area contributed by atoms with E-state index in [0.717, 1.165) is 19.0 Å². The fraction of sp³-hybridized carbons (Fsp3) is 0.471. The van der Waals surface area contributed by atoms with Crippen molar-refractivity contribution in [1.29, 1.82) is 0 Å². The molecule has 1 aromatic heterocycles. The summed E-state index contributed by atoms with van der Waals surface area (Å²) < 4.78 is 0. The molecule has 0 aliphatic rings. The van der Waals surface area contributed by atoms with Crippen LogP contribution in [0.4, 0.5) is 0 Å². The molecular weight excluding hydrogens is 232 g/mol. The molecule has 2 heteroatoms. The Kier molecular flexibility index (Phi) is 5.34. The number of benzene rings is 1. The van der Waals surface area contributed by atoms with Gasteiger partial charge in [0.25, 0.3) is 0 Å². The number of hydrogen-bond donors (Lipinski definition) is 1. The molecule has 0 unspecified atom stereocenters. The molecule has 2 aromatic rings. The fourth-order valence-corrected chi connectivity index (χ4v) is 2.35. The Morgan fingerprint density at radius 2 is 1.95 bits per heavy atom. The number of fused-ring (bicyclic) bond motifs is 1. The maximum Gasteiger partial charge on any atom is 0.0346 e. The van der Waals surface area contributed by atoms with Crippen LogP contribution in [-0.2, 0) is 6.54 Å². The maximum absolute atomic E-state index is 4.31. The van der Waals surface area contributed by atoms with E-state index in [0.29, 0.717) is 0 Å². The second-order valence-electron chi connectivity index (χ2n) is 5.59. The summed E-state index contributed by atoms with van der Waals surface area (Å²) in [5.74, 6) is 0.822. The summed E-state index contributed by atoms with van der Waals surface area (Å²) in [6.45, 7) is 6.58. The number of aromatic nitrogens is 1. The van der Waals surface area contributed by atoms with Gasteiger partial charge in [-0.2, -0.15) is 0 Å². The molecular formula is C17H24N2. The minimum Gasteiger partial charge on any atom is -0.313 e. The summed E-state index contributed by atoms with van der Waals surface area (Å²) in [6.07, 6.45) is 7.82. The first-order valence-corrected chi connectivity index (χ1v) is 7.29. The van der Waals surface area contributed by atoms with Gasteiger partial charge < -0.3 is 5.32 Å². The number of pyridine rings is 1. The minimum atomic E-state index is 0.822. The molecule has 0 saturated carbocycles. The van der Waals surface area contributed by atoms with E-state index < -0.39 is 0 Å². The highest BCUT2D eigenvalue weighted by Crippen LogP contribution is 2.16. The van der Waals surface area contributed by atoms with Gasteiger partial charge in [-0.25, -0.2) is 0 Å². The monoisotopic (exact) mass is 256 g/mol. The van der Waals surface area contributed by atoms with E-state index in [-0.39, 0.29) is 0 Å². The first kappa shape index (κ1) is 14.0. The van der Waals surface area contributed by atoms with Gasteiger partial charge >= 0.3 is 0 Å². The number of unbranched alkanes of at least 4 members (excludes halogenated alkanes) is 1. The smallest absolute Gasteiger partial charge is 0.0346 e. The first-order valence-electron chi connectivity index (χ1n) is 7.29. The topological polar surface area (TPSA) is 24.9 Å².